The summed E-state index contributed by atoms with van der Waals surface area (Å²) in [5.41, 5.74) is 0.358. The van der Waals surface area contributed by atoms with Crippen molar-refractivity contribution in [1.82, 2.24) is 4.98 Å². The standard InChI is InChI=1S/C23H13F4NO2/c24-18-6-2-1-4-12(18)10-16-14-8-7-13(23(25,26)27)11-17(14)19-15-5-3-9-28-21(15)30-22(29)20(16)19/h1-9,11,16H,10H2. The van der Waals surface area contributed by atoms with E-state index >= 15 is 0 Å². The topological polar surface area (TPSA) is 43.1 Å². The van der Waals surface area contributed by atoms with E-state index in [0.29, 0.717) is 27.6 Å². The van der Waals surface area contributed by atoms with Crippen molar-refractivity contribution in [3.63, 3.8) is 0 Å². The van der Waals surface area contributed by atoms with Crippen molar-refractivity contribution in [2.45, 2.75) is 18.5 Å². The maximum Gasteiger partial charge on any atom is 0.416 e. The fraction of sp³-hybridized carbons (Fsp3) is 0.130. The maximum atomic E-state index is 14.3. The van der Waals surface area contributed by atoms with Crippen molar-refractivity contribution in [2.75, 3.05) is 0 Å². The van der Waals surface area contributed by atoms with E-state index in [4.69, 9.17) is 4.42 Å². The Balaban J connectivity index is 1.81. The number of halogens is 4. The first-order valence-corrected chi connectivity index (χ1v) is 9.21. The summed E-state index contributed by atoms with van der Waals surface area (Å²) in [6.07, 6.45) is -2.97. The molecule has 2 aromatic carbocycles. The lowest BCUT2D eigenvalue weighted by molar-refractivity contribution is -0.137. The molecule has 0 aliphatic heterocycles. The van der Waals surface area contributed by atoms with Crippen LogP contribution < -0.4 is 5.63 Å². The SMILES string of the molecule is O=c1oc2ncccc2c2c1C(Cc1ccccc1F)c1ccc(C(F)(F)F)cc1-2. The quantitative estimate of drug-likeness (QED) is 0.398. The Labute approximate surface area is 167 Å². The normalized spacial score (nSPS) is 15.3. The highest BCUT2D eigenvalue weighted by Crippen LogP contribution is 2.49. The summed E-state index contributed by atoms with van der Waals surface area (Å²) in [6, 6.07) is 12.8. The number of hydrogen-bond acceptors (Lipinski definition) is 3. The van der Waals surface area contributed by atoms with E-state index in [9.17, 15) is 22.4 Å². The van der Waals surface area contributed by atoms with E-state index in [-0.39, 0.29) is 17.7 Å². The smallest absolute Gasteiger partial charge is 0.403 e. The summed E-state index contributed by atoms with van der Waals surface area (Å²) in [5, 5.41) is 0.448. The average Bonchev–Trinajstić information content (AvgIpc) is 3.04. The van der Waals surface area contributed by atoms with Crippen molar-refractivity contribution in [1.29, 1.82) is 0 Å². The first-order valence-electron chi connectivity index (χ1n) is 9.21. The Hall–Kier alpha value is -3.48. The monoisotopic (exact) mass is 411 g/mol. The third-order valence-corrected chi connectivity index (χ3v) is 5.47. The second kappa shape index (κ2) is 6.52. The van der Waals surface area contributed by atoms with Crippen LogP contribution in [-0.2, 0) is 12.6 Å². The largest absolute Gasteiger partial charge is 0.416 e. The minimum Gasteiger partial charge on any atom is -0.403 e. The van der Waals surface area contributed by atoms with Gasteiger partial charge in [0.15, 0.2) is 0 Å². The van der Waals surface area contributed by atoms with Crippen LogP contribution >= 0.6 is 0 Å². The Kier molecular flexibility index (Phi) is 4.03. The molecule has 1 aliphatic carbocycles. The molecule has 3 nitrogen and oxygen atoms in total. The van der Waals surface area contributed by atoms with E-state index in [0.717, 1.165) is 12.1 Å². The molecule has 0 amide bonds. The van der Waals surface area contributed by atoms with Gasteiger partial charge in [0.1, 0.15) is 5.82 Å². The van der Waals surface area contributed by atoms with E-state index < -0.39 is 29.1 Å². The minimum atomic E-state index is -4.54. The summed E-state index contributed by atoms with van der Waals surface area (Å²) in [7, 11) is 0. The molecule has 1 unspecified atom stereocenters. The van der Waals surface area contributed by atoms with Crippen LogP contribution in [-0.4, -0.2) is 4.98 Å². The highest BCUT2D eigenvalue weighted by molar-refractivity contribution is 5.97. The molecule has 7 heteroatoms. The van der Waals surface area contributed by atoms with Crippen LogP contribution in [0.25, 0.3) is 22.2 Å². The molecule has 150 valence electrons. The van der Waals surface area contributed by atoms with Crippen molar-refractivity contribution in [2.24, 2.45) is 0 Å². The fourth-order valence-electron chi connectivity index (χ4n) is 4.16. The van der Waals surface area contributed by atoms with Crippen molar-refractivity contribution in [3.8, 4) is 11.1 Å². The van der Waals surface area contributed by atoms with Crippen LogP contribution in [0.1, 0.15) is 28.2 Å². The van der Waals surface area contributed by atoms with E-state index in [1.54, 1.807) is 30.3 Å². The molecule has 0 saturated heterocycles. The van der Waals surface area contributed by atoms with Gasteiger partial charge in [0.2, 0.25) is 5.71 Å². The number of hydrogen-bond donors (Lipinski definition) is 0. The molecular formula is C23H13F4NO2. The van der Waals surface area contributed by atoms with Gasteiger partial charge < -0.3 is 4.42 Å². The highest BCUT2D eigenvalue weighted by atomic mass is 19.4. The average molecular weight is 411 g/mol. The Morgan fingerprint density at radius 3 is 2.60 bits per heavy atom. The predicted molar refractivity (Wildman–Crippen MR) is 103 cm³/mol. The summed E-state index contributed by atoms with van der Waals surface area (Å²) in [6.45, 7) is 0. The molecule has 0 fully saturated rings. The van der Waals surface area contributed by atoms with Gasteiger partial charge in [0, 0.05) is 23.1 Å². The Morgan fingerprint density at radius 2 is 1.83 bits per heavy atom. The van der Waals surface area contributed by atoms with Gasteiger partial charge in [0.05, 0.1) is 11.1 Å². The molecular weight excluding hydrogens is 398 g/mol. The van der Waals surface area contributed by atoms with E-state index in [1.165, 1.54) is 18.3 Å². The van der Waals surface area contributed by atoms with Gasteiger partial charge in [-0.05, 0) is 53.4 Å². The fourth-order valence-corrected chi connectivity index (χ4v) is 4.16. The third-order valence-electron chi connectivity index (χ3n) is 5.47. The zero-order valence-electron chi connectivity index (χ0n) is 15.3. The number of nitrogens with zero attached hydrogens (tertiary/aromatic N) is 1. The number of benzene rings is 2. The molecule has 0 bridgehead atoms. The second-order valence-electron chi connectivity index (χ2n) is 7.18. The zero-order chi connectivity index (χ0) is 21.0. The molecule has 0 spiro atoms. The third kappa shape index (κ3) is 2.81. The first kappa shape index (κ1) is 18.5. The predicted octanol–water partition coefficient (Wildman–Crippen LogP) is 5.70. The number of aromatic nitrogens is 1. The molecule has 0 saturated carbocycles. The molecule has 1 aliphatic rings. The molecule has 5 rings (SSSR count). The van der Waals surface area contributed by atoms with Crippen molar-refractivity contribution >= 4 is 11.1 Å². The molecule has 4 aromatic rings. The summed E-state index contributed by atoms with van der Waals surface area (Å²) < 4.78 is 59.8. The van der Waals surface area contributed by atoms with Crippen molar-refractivity contribution in [3.05, 3.63) is 99.3 Å². The number of rotatable bonds is 2. The lowest BCUT2D eigenvalue weighted by atomic mass is 9.90. The molecule has 2 heterocycles. The molecule has 2 aromatic heterocycles. The number of fused-ring (bicyclic) bond motifs is 5. The van der Waals surface area contributed by atoms with Gasteiger partial charge in [-0.25, -0.2) is 14.2 Å². The van der Waals surface area contributed by atoms with Gasteiger partial charge >= 0.3 is 11.8 Å². The molecule has 0 N–H and O–H groups in total. The van der Waals surface area contributed by atoms with Crippen LogP contribution in [0.2, 0.25) is 0 Å². The lowest BCUT2D eigenvalue weighted by Crippen LogP contribution is -2.14. The zero-order valence-corrected chi connectivity index (χ0v) is 15.3. The number of pyridine rings is 1. The van der Waals surface area contributed by atoms with Gasteiger partial charge in [0.25, 0.3) is 0 Å². The summed E-state index contributed by atoms with van der Waals surface area (Å²) >= 11 is 0. The Bertz CT molecular complexity index is 1360. The van der Waals surface area contributed by atoms with Crippen molar-refractivity contribution < 1.29 is 22.0 Å². The lowest BCUT2D eigenvalue weighted by Gasteiger charge is -2.14. The van der Waals surface area contributed by atoms with Gasteiger partial charge in [-0.3, -0.25) is 0 Å². The number of alkyl halides is 3. The van der Waals surface area contributed by atoms with Crippen LogP contribution in [0.4, 0.5) is 17.6 Å². The van der Waals surface area contributed by atoms with E-state index in [2.05, 4.69) is 4.98 Å². The van der Waals surface area contributed by atoms with Crippen LogP contribution in [0, 0.1) is 5.82 Å². The van der Waals surface area contributed by atoms with Crippen LogP contribution in [0.3, 0.4) is 0 Å². The molecule has 1 atom stereocenters. The summed E-state index contributed by atoms with van der Waals surface area (Å²) in [4.78, 5) is 16.9. The first-order chi connectivity index (χ1) is 14.3. The van der Waals surface area contributed by atoms with Crippen LogP contribution in [0.15, 0.2) is 70.0 Å². The van der Waals surface area contributed by atoms with Gasteiger partial charge in [-0.15, -0.1) is 0 Å². The van der Waals surface area contributed by atoms with Gasteiger partial charge in [-0.2, -0.15) is 13.2 Å². The second-order valence-corrected chi connectivity index (χ2v) is 7.18. The van der Waals surface area contributed by atoms with E-state index in [1.807, 2.05) is 0 Å². The summed E-state index contributed by atoms with van der Waals surface area (Å²) in [5.74, 6) is -1.07. The molecule has 0 radical (unpaired) electrons. The maximum absolute atomic E-state index is 14.3. The van der Waals surface area contributed by atoms with Crippen LogP contribution in [0.5, 0.6) is 0 Å². The minimum absolute atomic E-state index is 0.0520. The molecule has 30 heavy (non-hydrogen) atoms. The Morgan fingerprint density at radius 1 is 1.03 bits per heavy atom. The highest BCUT2D eigenvalue weighted by Gasteiger charge is 2.38. The van der Waals surface area contributed by atoms with Gasteiger partial charge in [-0.1, -0.05) is 24.3 Å².